The molecule has 1 unspecified atom stereocenters. The molecular weight excluding hydrogens is 498 g/mol. The summed E-state index contributed by atoms with van der Waals surface area (Å²) in [7, 11) is 0. The van der Waals surface area contributed by atoms with Crippen molar-refractivity contribution in [3.8, 4) is 0 Å². The molecule has 2 aromatic rings. The average Bonchev–Trinajstić information content (AvgIpc) is 2.91. The SMILES string of the molecule is CCCN(CCC)C(=O)C1=CC=CC(C(N)=O)([C@H](Cc2ccccc2)[C@@H](O)CNCc2cccc(Cl)c2)C1. The highest BCUT2D eigenvalue weighted by Gasteiger charge is 2.47. The maximum absolute atomic E-state index is 13.5. The first-order valence-corrected chi connectivity index (χ1v) is 13.8. The molecule has 0 saturated heterocycles. The Bertz CT molecular complexity index is 1130. The predicted molar refractivity (Wildman–Crippen MR) is 153 cm³/mol. The highest BCUT2D eigenvalue weighted by molar-refractivity contribution is 6.30. The highest BCUT2D eigenvalue weighted by atomic mass is 35.5. The number of aliphatic hydroxyl groups is 1. The molecule has 1 aliphatic carbocycles. The summed E-state index contributed by atoms with van der Waals surface area (Å²) >= 11 is 6.11. The Kier molecular flexibility index (Phi) is 11.1. The van der Waals surface area contributed by atoms with Gasteiger partial charge < -0.3 is 21.1 Å². The second-order valence-electron chi connectivity index (χ2n) is 10.0. The molecule has 1 aliphatic rings. The van der Waals surface area contributed by atoms with Crippen LogP contribution in [0.4, 0.5) is 0 Å². The third-order valence-corrected chi connectivity index (χ3v) is 7.41. The van der Waals surface area contributed by atoms with Crippen LogP contribution in [0.15, 0.2) is 78.4 Å². The highest BCUT2D eigenvalue weighted by Crippen LogP contribution is 2.43. The number of amides is 2. The lowest BCUT2D eigenvalue weighted by Crippen LogP contribution is -2.51. The largest absolute Gasteiger partial charge is 0.391 e. The van der Waals surface area contributed by atoms with Crippen LogP contribution in [0.1, 0.15) is 44.2 Å². The van der Waals surface area contributed by atoms with E-state index in [1.54, 1.807) is 18.2 Å². The Morgan fingerprint density at radius 2 is 1.76 bits per heavy atom. The summed E-state index contributed by atoms with van der Waals surface area (Å²) < 4.78 is 0. The molecule has 6 nitrogen and oxygen atoms in total. The van der Waals surface area contributed by atoms with Crippen molar-refractivity contribution in [3.05, 3.63) is 94.5 Å². The zero-order valence-corrected chi connectivity index (χ0v) is 23.2. The molecular formula is C31H40ClN3O3. The van der Waals surface area contributed by atoms with Gasteiger partial charge in [-0.1, -0.05) is 86.1 Å². The number of halogens is 1. The van der Waals surface area contributed by atoms with Crippen LogP contribution in [-0.4, -0.2) is 47.6 Å². The van der Waals surface area contributed by atoms with Crippen molar-refractivity contribution < 1.29 is 14.7 Å². The van der Waals surface area contributed by atoms with Crippen molar-refractivity contribution in [1.29, 1.82) is 0 Å². The minimum absolute atomic E-state index is 0.0734. The summed E-state index contributed by atoms with van der Waals surface area (Å²) in [4.78, 5) is 28.5. The number of aliphatic hydroxyl groups excluding tert-OH is 1. The van der Waals surface area contributed by atoms with Gasteiger partial charge in [0.15, 0.2) is 0 Å². The molecule has 2 amide bonds. The standard InChI is InChI=1S/C31H40ClN3O3/c1-3-16-35(17-4-2)29(37)25-13-9-15-31(20-25,30(33)38)27(19-23-10-6-5-7-11-23)28(36)22-34-21-24-12-8-14-26(32)18-24/h5-15,18,27-28,34,36H,3-4,16-17,19-22H2,1-2H3,(H2,33,38)/t27-,28+,31?/m1/s1. The van der Waals surface area contributed by atoms with Gasteiger partial charge in [0.1, 0.15) is 0 Å². The van der Waals surface area contributed by atoms with Crippen molar-refractivity contribution >= 4 is 23.4 Å². The van der Waals surface area contributed by atoms with Gasteiger partial charge in [-0.15, -0.1) is 0 Å². The molecule has 0 spiro atoms. The summed E-state index contributed by atoms with van der Waals surface area (Å²) in [6, 6.07) is 17.3. The number of allylic oxidation sites excluding steroid dienone is 2. The van der Waals surface area contributed by atoms with Gasteiger partial charge in [-0.25, -0.2) is 0 Å². The number of primary amides is 1. The molecule has 0 fully saturated rings. The first-order chi connectivity index (χ1) is 18.3. The summed E-state index contributed by atoms with van der Waals surface area (Å²) in [6.07, 6.45) is 6.71. The van der Waals surface area contributed by atoms with Gasteiger partial charge in [-0.3, -0.25) is 9.59 Å². The zero-order valence-electron chi connectivity index (χ0n) is 22.4. The third-order valence-electron chi connectivity index (χ3n) is 7.18. The first-order valence-electron chi connectivity index (χ1n) is 13.5. The van der Waals surface area contributed by atoms with Crippen molar-refractivity contribution in [1.82, 2.24) is 10.2 Å². The van der Waals surface area contributed by atoms with Gasteiger partial charge in [0.25, 0.3) is 0 Å². The average molecular weight is 538 g/mol. The Morgan fingerprint density at radius 3 is 2.39 bits per heavy atom. The molecule has 2 aromatic carbocycles. The van der Waals surface area contributed by atoms with Crippen LogP contribution in [0.5, 0.6) is 0 Å². The normalized spacial score (nSPS) is 18.5. The Hall–Kier alpha value is -2.93. The lowest BCUT2D eigenvalue weighted by molar-refractivity contribution is -0.132. The molecule has 0 radical (unpaired) electrons. The number of carbonyl (C=O) groups is 2. The van der Waals surface area contributed by atoms with Gasteiger partial charge in [0.05, 0.1) is 11.5 Å². The molecule has 0 heterocycles. The van der Waals surface area contributed by atoms with Crippen LogP contribution in [-0.2, 0) is 22.6 Å². The van der Waals surface area contributed by atoms with E-state index in [1.165, 1.54) is 0 Å². The summed E-state index contributed by atoms with van der Waals surface area (Å²) in [5, 5.41) is 15.5. The molecule has 0 aromatic heterocycles. The number of carbonyl (C=O) groups excluding carboxylic acids is 2. The minimum Gasteiger partial charge on any atom is -0.391 e. The van der Waals surface area contributed by atoms with Crippen molar-refractivity contribution in [2.75, 3.05) is 19.6 Å². The fraction of sp³-hybridized carbons (Fsp3) is 0.419. The van der Waals surface area contributed by atoms with E-state index >= 15 is 0 Å². The molecule has 38 heavy (non-hydrogen) atoms. The monoisotopic (exact) mass is 537 g/mol. The summed E-state index contributed by atoms with van der Waals surface area (Å²) in [5.41, 5.74) is 7.42. The van der Waals surface area contributed by atoms with Crippen LogP contribution in [0.2, 0.25) is 5.02 Å². The van der Waals surface area contributed by atoms with Gasteiger partial charge in [0, 0.05) is 42.7 Å². The number of hydrogen-bond donors (Lipinski definition) is 3. The number of hydrogen-bond acceptors (Lipinski definition) is 4. The lowest BCUT2D eigenvalue weighted by Gasteiger charge is -2.41. The molecule has 0 aliphatic heterocycles. The van der Waals surface area contributed by atoms with Gasteiger partial charge >= 0.3 is 0 Å². The number of nitrogens with zero attached hydrogens (tertiary/aromatic N) is 1. The van der Waals surface area contributed by atoms with Crippen LogP contribution < -0.4 is 11.1 Å². The van der Waals surface area contributed by atoms with E-state index in [0.29, 0.717) is 36.7 Å². The molecule has 7 heteroatoms. The number of nitrogens with two attached hydrogens (primary N) is 1. The predicted octanol–water partition coefficient (Wildman–Crippen LogP) is 4.66. The van der Waals surface area contributed by atoms with E-state index in [0.717, 1.165) is 24.0 Å². The Balaban J connectivity index is 1.88. The minimum atomic E-state index is -1.21. The molecule has 0 saturated carbocycles. The molecule has 204 valence electrons. The molecule has 4 N–H and O–H groups in total. The fourth-order valence-electron chi connectivity index (χ4n) is 5.26. The lowest BCUT2D eigenvalue weighted by atomic mass is 9.64. The van der Waals surface area contributed by atoms with Crippen molar-refractivity contribution in [2.24, 2.45) is 17.1 Å². The van der Waals surface area contributed by atoms with E-state index in [4.69, 9.17) is 17.3 Å². The first kappa shape index (κ1) is 29.6. The van der Waals surface area contributed by atoms with Gasteiger partial charge in [-0.2, -0.15) is 0 Å². The second kappa shape index (κ2) is 14.3. The Labute approximate surface area is 231 Å². The zero-order chi connectivity index (χ0) is 27.5. The van der Waals surface area contributed by atoms with Crippen molar-refractivity contribution in [3.63, 3.8) is 0 Å². The number of nitrogens with one attached hydrogen (secondary N) is 1. The van der Waals surface area contributed by atoms with E-state index in [9.17, 15) is 14.7 Å². The quantitative estimate of drug-likeness (QED) is 0.327. The van der Waals surface area contributed by atoms with Crippen LogP contribution >= 0.6 is 11.6 Å². The van der Waals surface area contributed by atoms with E-state index in [-0.39, 0.29) is 18.9 Å². The summed E-state index contributed by atoms with van der Waals surface area (Å²) in [5.74, 6) is -1.16. The molecule has 3 rings (SSSR count). The second-order valence-corrected chi connectivity index (χ2v) is 10.5. The smallest absolute Gasteiger partial charge is 0.249 e. The van der Waals surface area contributed by atoms with Crippen molar-refractivity contribution in [2.45, 2.75) is 52.2 Å². The molecule has 0 bridgehead atoms. The van der Waals surface area contributed by atoms with Gasteiger partial charge in [-0.05, 0) is 48.9 Å². The fourth-order valence-corrected chi connectivity index (χ4v) is 5.48. The van der Waals surface area contributed by atoms with E-state index in [2.05, 4.69) is 5.32 Å². The number of rotatable bonds is 14. The topological polar surface area (TPSA) is 95.7 Å². The number of benzene rings is 2. The Morgan fingerprint density at radius 1 is 1.08 bits per heavy atom. The maximum Gasteiger partial charge on any atom is 0.249 e. The van der Waals surface area contributed by atoms with Gasteiger partial charge in [0.2, 0.25) is 11.8 Å². The van der Waals surface area contributed by atoms with E-state index < -0.39 is 23.3 Å². The van der Waals surface area contributed by atoms with Crippen LogP contribution in [0.3, 0.4) is 0 Å². The summed E-state index contributed by atoms with van der Waals surface area (Å²) in [6.45, 7) is 6.16. The van der Waals surface area contributed by atoms with Crippen LogP contribution in [0, 0.1) is 11.3 Å². The van der Waals surface area contributed by atoms with E-state index in [1.807, 2.05) is 73.3 Å². The maximum atomic E-state index is 13.5. The molecule has 3 atom stereocenters. The third kappa shape index (κ3) is 7.56. The van der Waals surface area contributed by atoms with Crippen LogP contribution in [0.25, 0.3) is 0 Å².